The molecule has 0 aliphatic heterocycles. The van der Waals surface area contributed by atoms with Crippen LogP contribution in [0.1, 0.15) is 32.4 Å². The number of nitrogens with two attached hydrogens (primary N) is 1. The Kier molecular flexibility index (Phi) is 5.22. The number of rotatable bonds is 7. The summed E-state index contributed by atoms with van der Waals surface area (Å²) in [7, 11) is 0. The van der Waals surface area contributed by atoms with E-state index in [-0.39, 0.29) is 25.1 Å². The molecule has 21 heavy (non-hydrogen) atoms. The maximum absolute atomic E-state index is 11.9. The average Bonchev–Trinajstić information content (AvgIpc) is 2.83. The second-order valence-electron chi connectivity index (χ2n) is 5.10. The molecule has 1 atom stereocenters. The van der Waals surface area contributed by atoms with Crippen molar-refractivity contribution in [2.45, 2.75) is 39.3 Å². The zero-order valence-corrected chi connectivity index (χ0v) is 12.5. The Morgan fingerprint density at radius 3 is 2.90 bits per heavy atom. The summed E-state index contributed by atoms with van der Waals surface area (Å²) in [4.78, 5) is 11.9. The van der Waals surface area contributed by atoms with Crippen molar-refractivity contribution in [1.29, 1.82) is 0 Å². The van der Waals surface area contributed by atoms with Crippen molar-refractivity contribution in [1.82, 2.24) is 5.32 Å². The van der Waals surface area contributed by atoms with Crippen LogP contribution in [0, 0.1) is 0 Å². The standard InChI is InChI=1S/C16H22N2O3/c1-3-6-11(2)18-15(19)10-20-16-12-7-4-5-8-13(12)21-14(16)9-17/h4-5,7-8,11H,3,6,9-10,17H2,1-2H3,(H,18,19). The van der Waals surface area contributed by atoms with Gasteiger partial charge in [0.15, 0.2) is 18.1 Å². The molecule has 0 bridgehead atoms. The summed E-state index contributed by atoms with van der Waals surface area (Å²) in [5.74, 6) is 0.987. The van der Waals surface area contributed by atoms with Crippen LogP contribution in [0.2, 0.25) is 0 Å². The number of carbonyl (C=O) groups excluding carboxylic acids is 1. The number of hydrogen-bond donors (Lipinski definition) is 2. The van der Waals surface area contributed by atoms with Gasteiger partial charge in [-0.05, 0) is 25.5 Å². The lowest BCUT2D eigenvalue weighted by atomic mass is 10.2. The first kappa shape index (κ1) is 15.4. The Hall–Kier alpha value is -2.01. The predicted molar refractivity (Wildman–Crippen MR) is 82.1 cm³/mol. The number of nitrogens with one attached hydrogen (secondary N) is 1. The quantitative estimate of drug-likeness (QED) is 0.821. The molecular weight excluding hydrogens is 268 g/mol. The van der Waals surface area contributed by atoms with Crippen LogP contribution in [0.5, 0.6) is 5.75 Å². The molecule has 0 radical (unpaired) electrons. The van der Waals surface area contributed by atoms with Crippen LogP contribution in [-0.2, 0) is 11.3 Å². The lowest BCUT2D eigenvalue weighted by Gasteiger charge is -2.13. The lowest BCUT2D eigenvalue weighted by Crippen LogP contribution is -2.36. The Morgan fingerprint density at radius 1 is 1.43 bits per heavy atom. The Balaban J connectivity index is 2.04. The molecule has 2 aromatic rings. The normalized spacial score (nSPS) is 12.3. The number of amides is 1. The second kappa shape index (κ2) is 7.13. The topological polar surface area (TPSA) is 77.5 Å². The van der Waals surface area contributed by atoms with Crippen molar-refractivity contribution in [3.63, 3.8) is 0 Å². The summed E-state index contributed by atoms with van der Waals surface area (Å²) < 4.78 is 11.3. The molecule has 0 aliphatic rings. The van der Waals surface area contributed by atoms with Gasteiger partial charge in [-0.2, -0.15) is 0 Å². The molecule has 0 aliphatic carbocycles. The van der Waals surface area contributed by atoms with E-state index in [9.17, 15) is 4.79 Å². The molecule has 5 heteroatoms. The number of carbonyl (C=O) groups is 1. The molecular formula is C16H22N2O3. The van der Waals surface area contributed by atoms with E-state index < -0.39 is 0 Å². The molecule has 0 saturated heterocycles. The first-order valence-electron chi connectivity index (χ1n) is 7.28. The highest BCUT2D eigenvalue weighted by atomic mass is 16.5. The smallest absolute Gasteiger partial charge is 0.258 e. The van der Waals surface area contributed by atoms with Crippen LogP contribution in [0.4, 0.5) is 0 Å². The number of ether oxygens (including phenoxy) is 1. The highest BCUT2D eigenvalue weighted by Crippen LogP contribution is 2.32. The van der Waals surface area contributed by atoms with Crippen LogP contribution in [0.3, 0.4) is 0 Å². The molecule has 5 nitrogen and oxygen atoms in total. The molecule has 0 fully saturated rings. The van der Waals surface area contributed by atoms with Gasteiger partial charge in [0, 0.05) is 6.04 Å². The first-order chi connectivity index (χ1) is 10.2. The van der Waals surface area contributed by atoms with Crippen LogP contribution in [-0.4, -0.2) is 18.6 Å². The fourth-order valence-corrected chi connectivity index (χ4v) is 2.32. The second-order valence-corrected chi connectivity index (χ2v) is 5.10. The minimum Gasteiger partial charge on any atom is -0.479 e. The summed E-state index contributed by atoms with van der Waals surface area (Å²) in [5.41, 5.74) is 6.38. The molecule has 0 saturated carbocycles. The largest absolute Gasteiger partial charge is 0.479 e. The van der Waals surface area contributed by atoms with Gasteiger partial charge in [-0.1, -0.05) is 25.5 Å². The molecule has 1 aromatic heterocycles. The van der Waals surface area contributed by atoms with Gasteiger partial charge in [0.1, 0.15) is 5.58 Å². The Labute approximate surface area is 124 Å². The molecule has 0 spiro atoms. The van der Waals surface area contributed by atoms with Gasteiger partial charge in [0.25, 0.3) is 5.91 Å². The summed E-state index contributed by atoms with van der Waals surface area (Å²) in [5, 5.41) is 3.74. The Morgan fingerprint density at radius 2 is 2.19 bits per heavy atom. The van der Waals surface area contributed by atoms with E-state index in [1.165, 1.54) is 0 Å². The minimum absolute atomic E-state index is 0.0371. The van der Waals surface area contributed by atoms with Crippen LogP contribution >= 0.6 is 0 Å². The zero-order chi connectivity index (χ0) is 15.2. The van der Waals surface area contributed by atoms with Crippen LogP contribution < -0.4 is 15.8 Å². The van der Waals surface area contributed by atoms with E-state index >= 15 is 0 Å². The summed E-state index contributed by atoms with van der Waals surface area (Å²) >= 11 is 0. The zero-order valence-electron chi connectivity index (χ0n) is 12.5. The maximum Gasteiger partial charge on any atom is 0.258 e. The number of furan rings is 1. The van der Waals surface area contributed by atoms with Gasteiger partial charge in [0.2, 0.25) is 0 Å². The van der Waals surface area contributed by atoms with Crippen molar-refractivity contribution in [3.05, 3.63) is 30.0 Å². The molecule has 114 valence electrons. The third-order valence-corrected chi connectivity index (χ3v) is 3.28. The van der Waals surface area contributed by atoms with Crippen molar-refractivity contribution in [3.8, 4) is 5.75 Å². The van der Waals surface area contributed by atoms with Gasteiger partial charge >= 0.3 is 0 Å². The number of hydrogen-bond acceptors (Lipinski definition) is 4. The predicted octanol–water partition coefficient (Wildman–Crippen LogP) is 2.58. The van der Waals surface area contributed by atoms with Gasteiger partial charge in [-0.25, -0.2) is 0 Å². The van der Waals surface area contributed by atoms with Crippen molar-refractivity contribution in [2.24, 2.45) is 5.73 Å². The van der Waals surface area contributed by atoms with Crippen molar-refractivity contribution < 1.29 is 13.9 Å². The Bertz CT molecular complexity index is 607. The van der Waals surface area contributed by atoms with E-state index in [2.05, 4.69) is 12.2 Å². The van der Waals surface area contributed by atoms with Crippen LogP contribution in [0.15, 0.2) is 28.7 Å². The third-order valence-electron chi connectivity index (χ3n) is 3.28. The highest BCUT2D eigenvalue weighted by Gasteiger charge is 2.16. The van der Waals surface area contributed by atoms with E-state index in [1.807, 2.05) is 31.2 Å². The summed E-state index contributed by atoms with van der Waals surface area (Å²) in [6, 6.07) is 7.68. The molecule has 1 unspecified atom stereocenters. The monoisotopic (exact) mass is 290 g/mol. The molecule has 1 aromatic carbocycles. The average molecular weight is 290 g/mol. The van der Waals surface area contributed by atoms with Crippen molar-refractivity contribution in [2.75, 3.05) is 6.61 Å². The van der Waals surface area contributed by atoms with Crippen LogP contribution in [0.25, 0.3) is 11.0 Å². The first-order valence-corrected chi connectivity index (χ1v) is 7.28. The van der Waals surface area contributed by atoms with E-state index in [0.717, 1.165) is 18.2 Å². The van der Waals surface area contributed by atoms with Gasteiger partial charge in [-0.15, -0.1) is 0 Å². The van der Waals surface area contributed by atoms with Gasteiger partial charge in [-0.3, -0.25) is 4.79 Å². The summed E-state index contributed by atoms with van der Waals surface area (Å²) in [6.07, 6.45) is 1.99. The van der Waals surface area contributed by atoms with E-state index in [0.29, 0.717) is 17.1 Å². The van der Waals surface area contributed by atoms with Gasteiger partial charge in [0.05, 0.1) is 11.9 Å². The number of para-hydroxylation sites is 1. The SMILES string of the molecule is CCCC(C)NC(=O)COc1c(CN)oc2ccccc12. The molecule has 2 rings (SSSR count). The highest BCUT2D eigenvalue weighted by molar-refractivity contribution is 5.86. The third kappa shape index (κ3) is 3.76. The van der Waals surface area contributed by atoms with Gasteiger partial charge < -0.3 is 20.2 Å². The fourth-order valence-electron chi connectivity index (χ4n) is 2.32. The van der Waals surface area contributed by atoms with E-state index in [4.69, 9.17) is 14.9 Å². The fraction of sp³-hybridized carbons (Fsp3) is 0.438. The lowest BCUT2D eigenvalue weighted by molar-refractivity contribution is -0.123. The summed E-state index contributed by atoms with van der Waals surface area (Å²) in [6.45, 7) is 4.27. The molecule has 1 heterocycles. The number of fused-ring (bicyclic) bond motifs is 1. The maximum atomic E-state index is 11.9. The van der Waals surface area contributed by atoms with E-state index in [1.54, 1.807) is 0 Å². The molecule has 3 N–H and O–H groups in total. The van der Waals surface area contributed by atoms with Crippen molar-refractivity contribution >= 4 is 16.9 Å². The minimum atomic E-state index is -0.135. The molecule has 1 amide bonds. The number of benzene rings is 1.